The number of hydrogen-bond donors (Lipinski definition) is 0. The van der Waals surface area contributed by atoms with Gasteiger partial charge < -0.3 is 9.80 Å². The molecule has 30 heavy (non-hydrogen) atoms. The molecule has 2 aromatic carbocycles. The predicted molar refractivity (Wildman–Crippen MR) is 116 cm³/mol. The predicted octanol–water partition coefficient (Wildman–Crippen LogP) is 2.37. The van der Waals surface area contributed by atoms with E-state index in [1.54, 1.807) is 46.2 Å². The van der Waals surface area contributed by atoms with Crippen LogP contribution in [0.3, 0.4) is 0 Å². The molecule has 2 amide bonds. The van der Waals surface area contributed by atoms with Crippen LogP contribution in [0, 0.1) is 0 Å². The number of hydrogen-bond acceptors (Lipinski definition) is 4. The molecule has 158 valence electrons. The monoisotopic (exact) mass is 427 g/mol. The normalized spacial score (nSPS) is 14.3. The van der Waals surface area contributed by atoms with Crippen LogP contribution in [0.2, 0.25) is 0 Å². The molecular formula is C22H25N3O4S. The highest BCUT2D eigenvalue weighted by Gasteiger charge is 2.27. The number of anilines is 1. The van der Waals surface area contributed by atoms with Gasteiger partial charge in [-0.25, -0.2) is 8.42 Å². The second-order valence-corrected chi connectivity index (χ2v) is 8.85. The molecule has 0 aliphatic carbocycles. The number of nitrogens with zero attached hydrogens (tertiary/aromatic N) is 3. The average molecular weight is 428 g/mol. The van der Waals surface area contributed by atoms with Crippen molar-refractivity contribution in [2.45, 2.75) is 11.8 Å². The van der Waals surface area contributed by atoms with Crippen LogP contribution in [0.5, 0.6) is 0 Å². The Balaban J connectivity index is 1.86. The van der Waals surface area contributed by atoms with E-state index in [-0.39, 0.29) is 23.3 Å². The molecule has 3 rings (SSSR count). The Morgan fingerprint density at radius 1 is 1.00 bits per heavy atom. The van der Waals surface area contributed by atoms with Gasteiger partial charge >= 0.3 is 0 Å². The van der Waals surface area contributed by atoms with Crippen LogP contribution in [0.15, 0.2) is 72.1 Å². The van der Waals surface area contributed by atoms with Crippen LogP contribution in [0.25, 0.3) is 0 Å². The Kier molecular flexibility index (Phi) is 6.56. The lowest BCUT2D eigenvalue weighted by molar-refractivity contribution is -0.130. The highest BCUT2D eigenvalue weighted by atomic mass is 32.2. The van der Waals surface area contributed by atoms with E-state index >= 15 is 0 Å². The third-order valence-electron chi connectivity index (χ3n) is 5.02. The Labute approximate surface area is 177 Å². The molecule has 0 radical (unpaired) electrons. The molecule has 1 aliphatic rings. The number of carbonyl (C=O) groups is 2. The minimum atomic E-state index is -3.88. The first-order chi connectivity index (χ1) is 14.3. The van der Waals surface area contributed by atoms with Crippen LogP contribution < -0.4 is 4.31 Å². The first kappa shape index (κ1) is 21.6. The maximum absolute atomic E-state index is 13.3. The van der Waals surface area contributed by atoms with Gasteiger partial charge in [0.15, 0.2) is 0 Å². The van der Waals surface area contributed by atoms with Crippen molar-refractivity contribution >= 4 is 27.5 Å². The number of carbonyl (C=O) groups excluding carboxylic acids is 2. The first-order valence-corrected chi connectivity index (χ1v) is 11.1. The molecule has 2 aromatic rings. The number of benzene rings is 2. The van der Waals surface area contributed by atoms with Gasteiger partial charge in [0.25, 0.3) is 15.9 Å². The lowest BCUT2D eigenvalue weighted by Gasteiger charge is -2.34. The minimum absolute atomic E-state index is 0.0154. The van der Waals surface area contributed by atoms with Gasteiger partial charge in [0.05, 0.1) is 17.1 Å². The summed E-state index contributed by atoms with van der Waals surface area (Å²) >= 11 is 0. The zero-order chi connectivity index (χ0) is 21.7. The largest absolute Gasteiger partial charge is 0.339 e. The van der Waals surface area contributed by atoms with Crippen LogP contribution in [0.1, 0.15) is 17.3 Å². The fraction of sp³-hybridized carbons (Fsp3) is 0.273. The van der Waals surface area contributed by atoms with Crippen molar-refractivity contribution in [1.82, 2.24) is 9.80 Å². The molecule has 0 aromatic heterocycles. The molecule has 1 fully saturated rings. The smallest absolute Gasteiger partial charge is 0.264 e. The van der Waals surface area contributed by atoms with Gasteiger partial charge in [0, 0.05) is 38.7 Å². The zero-order valence-corrected chi connectivity index (χ0v) is 17.7. The van der Waals surface area contributed by atoms with Gasteiger partial charge in [0.2, 0.25) is 5.91 Å². The summed E-state index contributed by atoms with van der Waals surface area (Å²) in [6.07, 6.45) is 1.52. The molecule has 0 saturated carbocycles. The summed E-state index contributed by atoms with van der Waals surface area (Å²) in [5.74, 6) is -0.261. The summed E-state index contributed by atoms with van der Waals surface area (Å²) < 4.78 is 27.9. The second kappa shape index (κ2) is 9.13. The van der Waals surface area contributed by atoms with Crippen molar-refractivity contribution in [2.75, 3.05) is 37.0 Å². The molecule has 0 unspecified atom stereocenters. The van der Waals surface area contributed by atoms with Crippen molar-refractivity contribution in [1.29, 1.82) is 0 Å². The standard InChI is InChI=1S/C22H25N3O4S/c1-3-12-25(20-9-5-4-6-10-20)30(28,29)21-11-7-8-19(17-21)22(27)24-15-13-23(14-16-24)18(2)26/h3-11,17H,1,12-16H2,2H3. The first-order valence-electron chi connectivity index (χ1n) is 9.68. The van der Waals surface area contributed by atoms with Crippen LogP contribution in [-0.2, 0) is 14.8 Å². The van der Waals surface area contributed by atoms with Crippen molar-refractivity contribution in [3.05, 3.63) is 72.8 Å². The summed E-state index contributed by atoms with van der Waals surface area (Å²) in [7, 11) is -3.88. The summed E-state index contributed by atoms with van der Waals surface area (Å²) in [5.41, 5.74) is 0.827. The quantitative estimate of drug-likeness (QED) is 0.663. The maximum atomic E-state index is 13.3. The van der Waals surface area contributed by atoms with Gasteiger partial charge in [0.1, 0.15) is 0 Å². The number of sulfonamides is 1. The van der Waals surface area contributed by atoms with Crippen molar-refractivity contribution < 1.29 is 18.0 Å². The number of amides is 2. The third kappa shape index (κ3) is 4.54. The van der Waals surface area contributed by atoms with E-state index in [1.807, 2.05) is 6.07 Å². The maximum Gasteiger partial charge on any atom is 0.264 e. The third-order valence-corrected chi connectivity index (χ3v) is 6.81. The summed E-state index contributed by atoms with van der Waals surface area (Å²) in [5, 5.41) is 0. The van der Waals surface area contributed by atoms with E-state index in [0.29, 0.717) is 37.4 Å². The fourth-order valence-corrected chi connectivity index (χ4v) is 4.86. The SMILES string of the molecule is C=CCN(c1ccccc1)S(=O)(=O)c1cccc(C(=O)N2CCN(C(C)=O)CC2)c1. The van der Waals surface area contributed by atoms with E-state index in [4.69, 9.17) is 0 Å². The van der Waals surface area contributed by atoms with Crippen LogP contribution in [-0.4, -0.2) is 62.8 Å². The summed E-state index contributed by atoms with van der Waals surface area (Å²) in [6.45, 7) is 7.06. The average Bonchev–Trinajstić information content (AvgIpc) is 2.77. The van der Waals surface area contributed by atoms with E-state index in [1.165, 1.54) is 29.4 Å². The zero-order valence-electron chi connectivity index (χ0n) is 16.9. The molecule has 0 spiro atoms. The van der Waals surface area contributed by atoms with Crippen LogP contribution in [0.4, 0.5) is 5.69 Å². The molecule has 7 nitrogen and oxygen atoms in total. The van der Waals surface area contributed by atoms with Gasteiger partial charge in [-0.2, -0.15) is 0 Å². The Bertz CT molecular complexity index is 1030. The summed E-state index contributed by atoms with van der Waals surface area (Å²) in [6, 6.07) is 14.8. The number of para-hydroxylation sites is 1. The molecule has 0 bridgehead atoms. The highest BCUT2D eigenvalue weighted by molar-refractivity contribution is 7.92. The Hall–Kier alpha value is -3.13. The number of piperazine rings is 1. The lowest BCUT2D eigenvalue weighted by Crippen LogP contribution is -2.50. The lowest BCUT2D eigenvalue weighted by atomic mass is 10.2. The van der Waals surface area contributed by atoms with E-state index in [0.717, 1.165) is 0 Å². The molecule has 1 heterocycles. The van der Waals surface area contributed by atoms with Gasteiger partial charge in [-0.1, -0.05) is 30.3 Å². The van der Waals surface area contributed by atoms with Crippen molar-refractivity contribution in [3.63, 3.8) is 0 Å². The topological polar surface area (TPSA) is 78.0 Å². The second-order valence-electron chi connectivity index (χ2n) is 6.99. The molecular weight excluding hydrogens is 402 g/mol. The van der Waals surface area contributed by atoms with Crippen LogP contribution >= 0.6 is 0 Å². The Morgan fingerprint density at radius 2 is 1.63 bits per heavy atom. The summed E-state index contributed by atoms with van der Waals surface area (Å²) in [4.78, 5) is 27.8. The van der Waals surface area contributed by atoms with Crippen molar-refractivity contribution in [2.24, 2.45) is 0 Å². The molecule has 0 atom stereocenters. The Morgan fingerprint density at radius 3 is 2.23 bits per heavy atom. The highest BCUT2D eigenvalue weighted by Crippen LogP contribution is 2.24. The van der Waals surface area contributed by atoms with Crippen molar-refractivity contribution in [3.8, 4) is 0 Å². The van der Waals surface area contributed by atoms with E-state index in [2.05, 4.69) is 6.58 Å². The molecule has 1 aliphatic heterocycles. The van der Waals surface area contributed by atoms with E-state index < -0.39 is 10.0 Å². The van der Waals surface area contributed by atoms with E-state index in [9.17, 15) is 18.0 Å². The molecule has 8 heteroatoms. The fourth-order valence-electron chi connectivity index (χ4n) is 3.38. The molecule has 1 saturated heterocycles. The van der Waals surface area contributed by atoms with Gasteiger partial charge in [-0.3, -0.25) is 13.9 Å². The van der Waals surface area contributed by atoms with Gasteiger partial charge in [-0.05, 0) is 30.3 Å². The van der Waals surface area contributed by atoms with Gasteiger partial charge in [-0.15, -0.1) is 6.58 Å². The number of rotatable bonds is 6. The minimum Gasteiger partial charge on any atom is -0.339 e. The molecule has 0 N–H and O–H groups in total.